The van der Waals surface area contributed by atoms with Crippen LogP contribution in [0.1, 0.15) is 36.6 Å². The number of hydrazine groups is 1. The molecule has 1 atom stereocenters. The second kappa shape index (κ2) is 4.65. The molecule has 1 aromatic heterocycles. The van der Waals surface area contributed by atoms with Crippen LogP contribution in [0.5, 0.6) is 0 Å². The number of nitrogens with one attached hydrogen (secondary N) is 3. The minimum Gasteiger partial charge on any atom is -0.365 e. The van der Waals surface area contributed by atoms with E-state index in [0.717, 1.165) is 30.0 Å². The number of anilines is 2. The first-order chi connectivity index (χ1) is 9.17. The molecular formula is C12H18N6O. The highest BCUT2D eigenvalue weighted by Gasteiger charge is 2.29. The molecule has 2 fully saturated rings. The molecule has 1 aliphatic heterocycles. The Morgan fingerprint density at radius 3 is 2.63 bits per heavy atom. The number of rotatable bonds is 4. The lowest BCUT2D eigenvalue weighted by Gasteiger charge is -2.16. The van der Waals surface area contributed by atoms with Gasteiger partial charge in [-0.3, -0.25) is 4.79 Å². The largest absolute Gasteiger partial charge is 0.365 e. The van der Waals surface area contributed by atoms with E-state index in [-0.39, 0.29) is 11.9 Å². The predicted molar refractivity (Wildman–Crippen MR) is 71.6 cm³/mol. The molecule has 0 aromatic carbocycles. The molecule has 3 rings (SSSR count). The van der Waals surface area contributed by atoms with E-state index in [1.807, 2.05) is 6.92 Å². The number of hydrogen-bond acceptors (Lipinski definition) is 6. The lowest BCUT2D eigenvalue weighted by Crippen LogP contribution is -2.24. The van der Waals surface area contributed by atoms with Crippen molar-refractivity contribution in [1.29, 1.82) is 0 Å². The van der Waals surface area contributed by atoms with Crippen LogP contribution in [0.25, 0.3) is 0 Å². The second-order valence-electron chi connectivity index (χ2n) is 5.17. The van der Waals surface area contributed by atoms with E-state index in [2.05, 4.69) is 26.0 Å². The number of carbonyl (C=O) groups is 1. The highest BCUT2D eigenvalue weighted by molar-refractivity contribution is 5.79. The molecule has 7 nitrogen and oxygen atoms in total. The molecule has 0 radical (unpaired) electrons. The lowest BCUT2D eigenvalue weighted by atomic mass is 10.2. The van der Waals surface area contributed by atoms with Crippen LogP contribution >= 0.6 is 0 Å². The van der Waals surface area contributed by atoms with E-state index in [0.29, 0.717) is 24.7 Å². The smallest absolute Gasteiger partial charge is 0.222 e. The topological polar surface area (TPSA) is 105 Å². The highest BCUT2D eigenvalue weighted by atomic mass is 16.1. The molecule has 1 saturated carbocycles. The summed E-state index contributed by atoms with van der Waals surface area (Å²) in [7, 11) is 0. The molecule has 0 bridgehead atoms. The Kier molecular flexibility index (Phi) is 2.98. The predicted octanol–water partition coefficient (Wildman–Crippen LogP) is 0.248. The second-order valence-corrected chi connectivity index (χ2v) is 5.17. The van der Waals surface area contributed by atoms with Gasteiger partial charge in [0.2, 0.25) is 5.91 Å². The van der Waals surface area contributed by atoms with E-state index in [4.69, 9.17) is 5.84 Å². The summed E-state index contributed by atoms with van der Waals surface area (Å²) in [5.74, 6) is 8.28. The third kappa shape index (κ3) is 2.46. The summed E-state index contributed by atoms with van der Waals surface area (Å²) < 4.78 is 0. The van der Waals surface area contributed by atoms with Crippen LogP contribution < -0.4 is 21.9 Å². The van der Waals surface area contributed by atoms with Crippen molar-refractivity contribution in [1.82, 2.24) is 15.3 Å². The minimum atomic E-state index is 0.0730. The minimum absolute atomic E-state index is 0.0730. The van der Waals surface area contributed by atoms with Gasteiger partial charge in [-0.15, -0.1) is 0 Å². The first kappa shape index (κ1) is 12.2. The maximum absolute atomic E-state index is 11.2. The third-order valence-electron chi connectivity index (χ3n) is 3.56. The van der Waals surface area contributed by atoms with Gasteiger partial charge in [-0.2, -0.15) is 0 Å². The fraction of sp³-hybridized carbons (Fsp3) is 0.583. The van der Waals surface area contributed by atoms with Gasteiger partial charge in [0.15, 0.2) is 0 Å². The number of hydrogen-bond donors (Lipinski definition) is 4. The monoisotopic (exact) mass is 262 g/mol. The van der Waals surface area contributed by atoms with Crippen LogP contribution in [0.15, 0.2) is 0 Å². The average molecular weight is 262 g/mol. The first-order valence-corrected chi connectivity index (χ1v) is 6.55. The quantitative estimate of drug-likeness (QED) is 0.458. The van der Waals surface area contributed by atoms with Crippen molar-refractivity contribution in [2.45, 2.75) is 38.1 Å². The zero-order valence-electron chi connectivity index (χ0n) is 10.9. The number of amides is 1. The van der Waals surface area contributed by atoms with E-state index >= 15 is 0 Å². The molecule has 1 aliphatic carbocycles. The Morgan fingerprint density at radius 1 is 1.32 bits per heavy atom. The number of nitrogen functional groups attached to an aromatic ring is 1. The fourth-order valence-electron chi connectivity index (χ4n) is 2.24. The molecule has 7 heteroatoms. The lowest BCUT2D eigenvalue weighted by molar-refractivity contribution is -0.119. The Hall–Kier alpha value is -1.89. The molecule has 1 amide bonds. The van der Waals surface area contributed by atoms with Gasteiger partial charge in [0, 0.05) is 24.4 Å². The highest BCUT2D eigenvalue weighted by Crippen LogP contribution is 2.39. The van der Waals surface area contributed by atoms with Crippen molar-refractivity contribution >= 4 is 17.5 Å². The molecule has 2 aliphatic rings. The normalized spacial score (nSPS) is 22.2. The van der Waals surface area contributed by atoms with Crippen molar-refractivity contribution in [3.05, 3.63) is 11.4 Å². The van der Waals surface area contributed by atoms with Crippen LogP contribution in [-0.4, -0.2) is 28.5 Å². The van der Waals surface area contributed by atoms with Crippen molar-refractivity contribution in [2.75, 3.05) is 17.3 Å². The average Bonchev–Trinajstić information content (AvgIpc) is 3.16. The van der Waals surface area contributed by atoms with Crippen LogP contribution in [0.2, 0.25) is 0 Å². The Balaban J connectivity index is 1.85. The van der Waals surface area contributed by atoms with Crippen molar-refractivity contribution in [2.24, 2.45) is 5.84 Å². The number of nitrogens with zero attached hydrogens (tertiary/aromatic N) is 2. The zero-order chi connectivity index (χ0) is 13.4. The SMILES string of the molecule is Cc1c(NN)nc(C2CC2)nc1NC1CNC(=O)C1. The molecule has 5 N–H and O–H groups in total. The molecule has 102 valence electrons. The van der Waals surface area contributed by atoms with Crippen molar-refractivity contribution in [3.63, 3.8) is 0 Å². The van der Waals surface area contributed by atoms with E-state index < -0.39 is 0 Å². The maximum atomic E-state index is 11.2. The summed E-state index contributed by atoms with van der Waals surface area (Å²) in [5, 5.41) is 6.11. The van der Waals surface area contributed by atoms with Crippen LogP contribution in [-0.2, 0) is 4.79 Å². The van der Waals surface area contributed by atoms with E-state index in [1.165, 1.54) is 0 Å². The molecule has 1 unspecified atom stereocenters. The van der Waals surface area contributed by atoms with Gasteiger partial charge in [-0.1, -0.05) is 0 Å². The first-order valence-electron chi connectivity index (χ1n) is 6.55. The maximum Gasteiger partial charge on any atom is 0.222 e. The molecule has 0 spiro atoms. The Labute approximate surface area is 111 Å². The molecular weight excluding hydrogens is 244 g/mol. The Bertz CT molecular complexity index is 513. The van der Waals surface area contributed by atoms with Gasteiger partial charge >= 0.3 is 0 Å². The van der Waals surface area contributed by atoms with Crippen LogP contribution in [0.3, 0.4) is 0 Å². The van der Waals surface area contributed by atoms with Gasteiger partial charge in [0.25, 0.3) is 0 Å². The van der Waals surface area contributed by atoms with Gasteiger partial charge < -0.3 is 16.1 Å². The summed E-state index contributed by atoms with van der Waals surface area (Å²) in [4.78, 5) is 20.2. The van der Waals surface area contributed by atoms with Crippen LogP contribution in [0.4, 0.5) is 11.6 Å². The molecule has 19 heavy (non-hydrogen) atoms. The van der Waals surface area contributed by atoms with Gasteiger partial charge in [0.1, 0.15) is 17.5 Å². The Morgan fingerprint density at radius 2 is 2.05 bits per heavy atom. The summed E-state index contributed by atoms with van der Waals surface area (Å²) in [5.41, 5.74) is 3.50. The summed E-state index contributed by atoms with van der Waals surface area (Å²) in [6.07, 6.45) is 2.75. The number of nitrogens with two attached hydrogens (primary N) is 1. The third-order valence-corrected chi connectivity index (χ3v) is 3.56. The van der Waals surface area contributed by atoms with Crippen molar-refractivity contribution < 1.29 is 4.79 Å². The van der Waals surface area contributed by atoms with E-state index in [9.17, 15) is 4.79 Å². The fourth-order valence-corrected chi connectivity index (χ4v) is 2.24. The molecule has 2 heterocycles. The number of aromatic nitrogens is 2. The summed E-state index contributed by atoms with van der Waals surface area (Å²) in [6.45, 7) is 2.55. The van der Waals surface area contributed by atoms with Gasteiger partial charge in [0.05, 0.1) is 6.04 Å². The van der Waals surface area contributed by atoms with Crippen molar-refractivity contribution in [3.8, 4) is 0 Å². The summed E-state index contributed by atoms with van der Waals surface area (Å²) >= 11 is 0. The van der Waals surface area contributed by atoms with E-state index in [1.54, 1.807) is 0 Å². The molecule has 1 saturated heterocycles. The zero-order valence-corrected chi connectivity index (χ0v) is 10.9. The number of carbonyl (C=O) groups excluding carboxylic acids is 1. The van der Waals surface area contributed by atoms with Gasteiger partial charge in [-0.25, -0.2) is 15.8 Å². The standard InChI is InChI=1S/C12H18N6O/c1-6-10(15-8-4-9(19)14-5-8)16-12(7-2-3-7)17-11(6)18-13/h7-8H,2-5,13H2,1H3,(H,14,19)(H2,15,16,17,18). The summed E-state index contributed by atoms with van der Waals surface area (Å²) in [6, 6.07) is 0.0822. The van der Waals surface area contributed by atoms with Crippen LogP contribution in [0, 0.1) is 6.92 Å². The molecule has 1 aromatic rings. The van der Waals surface area contributed by atoms with Gasteiger partial charge in [-0.05, 0) is 19.8 Å².